The van der Waals surface area contributed by atoms with Gasteiger partial charge in [0.05, 0.1) is 19.2 Å². The van der Waals surface area contributed by atoms with Gasteiger partial charge in [0.25, 0.3) is 0 Å². The van der Waals surface area contributed by atoms with Crippen LogP contribution in [0.15, 0.2) is 54.2 Å². The number of aromatic nitrogens is 2. The highest BCUT2D eigenvalue weighted by Gasteiger charge is 2.22. The smallest absolute Gasteiger partial charge is 0.228 e. The Morgan fingerprint density at radius 2 is 2.04 bits per heavy atom. The molecule has 1 fully saturated rings. The van der Waals surface area contributed by atoms with Gasteiger partial charge in [-0.15, -0.1) is 11.3 Å². The van der Waals surface area contributed by atoms with Crippen molar-refractivity contribution in [3.8, 4) is 16.3 Å². The van der Waals surface area contributed by atoms with Crippen molar-refractivity contribution in [3.63, 3.8) is 0 Å². The molecule has 1 saturated heterocycles. The second kappa shape index (κ2) is 8.39. The molecule has 1 amide bonds. The van der Waals surface area contributed by atoms with Crippen LogP contribution >= 0.6 is 11.3 Å². The van der Waals surface area contributed by atoms with Crippen LogP contribution < -0.4 is 9.64 Å². The molecule has 0 saturated carbocycles. The zero-order valence-electron chi connectivity index (χ0n) is 15.7. The average Bonchev–Trinajstić information content (AvgIpc) is 3.23. The molecule has 3 aromatic rings. The molecule has 3 heterocycles. The first-order valence-corrected chi connectivity index (χ1v) is 10.1. The van der Waals surface area contributed by atoms with Gasteiger partial charge in [0.1, 0.15) is 10.8 Å². The van der Waals surface area contributed by atoms with Crippen LogP contribution in [-0.4, -0.2) is 54.1 Å². The van der Waals surface area contributed by atoms with Crippen molar-refractivity contribution in [2.75, 3.05) is 38.2 Å². The molecule has 0 unspecified atom stereocenters. The number of methoxy groups -OCH3 is 1. The zero-order chi connectivity index (χ0) is 19.3. The Bertz CT molecular complexity index is 936. The molecule has 2 aromatic heterocycles. The Morgan fingerprint density at radius 3 is 2.79 bits per heavy atom. The highest BCUT2D eigenvalue weighted by molar-refractivity contribution is 7.13. The Hall–Kier alpha value is -2.93. The fourth-order valence-electron chi connectivity index (χ4n) is 3.30. The number of piperazine rings is 1. The Balaban J connectivity index is 1.34. The number of hydrogen-bond acceptors (Lipinski definition) is 6. The van der Waals surface area contributed by atoms with Crippen LogP contribution in [0, 0.1) is 0 Å². The first kappa shape index (κ1) is 18.4. The molecule has 0 N–H and O–H groups in total. The fourth-order valence-corrected chi connectivity index (χ4v) is 4.11. The number of amides is 1. The molecule has 6 nitrogen and oxygen atoms in total. The maximum Gasteiger partial charge on any atom is 0.228 e. The summed E-state index contributed by atoms with van der Waals surface area (Å²) in [5.41, 5.74) is 2.94. The van der Waals surface area contributed by atoms with Gasteiger partial charge in [0, 0.05) is 61.3 Å². The molecule has 0 bridgehead atoms. The third-order valence-corrected chi connectivity index (χ3v) is 5.78. The van der Waals surface area contributed by atoms with Gasteiger partial charge in [-0.1, -0.05) is 6.07 Å². The van der Waals surface area contributed by atoms with E-state index in [0.29, 0.717) is 6.42 Å². The van der Waals surface area contributed by atoms with E-state index >= 15 is 0 Å². The van der Waals surface area contributed by atoms with E-state index in [1.54, 1.807) is 30.8 Å². The van der Waals surface area contributed by atoms with Crippen molar-refractivity contribution in [3.05, 3.63) is 59.9 Å². The summed E-state index contributed by atoms with van der Waals surface area (Å²) in [5, 5.41) is 2.87. The first-order chi connectivity index (χ1) is 13.7. The lowest BCUT2D eigenvalue weighted by atomic mass is 10.2. The minimum atomic E-state index is 0.133. The summed E-state index contributed by atoms with van der Waals surface area (Å²) in [6.07, 6.45) is 3.88. The summed E-state index contributed by atoms with van der Waals surface area (Å²) in [7, 11) is 1.67. The van der Waals surface area contributed by atoms with Gasteiger partial charge in [0.15, 0.2) is 0 Å². The molecule has 1 aliphatic heterocycles. The Morgan fingerprint density at radius 1 is 1.18 bits per heavy atom. The predicted octanol–water partition coefficient (Wildman–Crippen LogP) is 3.11. The number of carbonyl (C=O) groups is 1. The second-order valence-electron chi connectivity index (χ2n) is 6.63. The first-order valence-electron chi connectivity index (χ1n) is 9.24. The van der Waals surface area contributed by atoms with E-state index in [-0.39, 0.29) is 5.91 Å². The molecular weight excluding hydrogens is 372 g/mol. The van der Waals surface area contributed by atoms with E-state index < -0.39 is 0 Å². The maximum atomic E-state index is 12.7. The lowest BCUT2D eigenvalue weighted by Gasteiger charge is -2.36. The van der Waals surface area contributed by atoms with Crippen LogP contribution in [0.4, 0.5) is 5.69 Å². The minimum absolute atomic E-state index is 0.133. The number of benzene rings is 1. The van der Waals surface area contributed by atoms with Gasteiger partial charge in [-0.3, -0.25) is 9.78 Å². The Labute approximate surface area is 168 Å². The second-order valence-corrected chi connectivity index (χ2v) is 7.49. The molecule has 0 spiro atoms. The highest BCUT2D eigenvalue weighted by Crippen LogP contribution is 2.24. The average molecular weight is 395 g/mol. The highest BCUT2D eigenvalue weighted by atomic mass is 32.1. The quantitative estimate of drug-likeness (QED) is 0.666. The van der Waals surface area contributed by atoms with Crippen LogP contribution in [0.2, 0.25) is 0 Å². The van der Waals surface area contributed by atoms with Crippen molar-refractivity contribution in [1.82, 2.24) is 14.9 Å². The van der Waals surface area contributed by atoms with Crippen molar-refractivity contribution in [1.29, 1.82) is 0 Å². The SMILES string of the molecule is COc1cccc(N2CCN(C(=O)Cc3csc(-c4cccnc4)n3)CC2)c1. The lowest BCUT2D eigenvalue weighted by molar-refractivity contribution is -0.130. The predicted molar refractivity (Wildman–Crippen MR) is 111 cm³/mol. The number of nitrogens with zero attached hydrogens (tertiary/aromatic N) is 4. The third-order valence-electron chi connectivity index (χ3n) is 4.84. The molecule has 1 aromatic carbocycles. The normalized spacial score (nSPS) is 14.2. The van der Waals surface area contributed by atoms with E-state index in [9.17, 15) is 4.79 Å². The summed E-state index contributed by atoms with van der Waals surface area (Å²) >= 11 is 1.55. The van der Waals surface area contributed by atoms with Crippen molar-refractivity contribution in [2.24, 2.45) is 0 Å². The number of rotatable bonds is 5. The van der Waals surface area contributed by atoms with Crippen LogP contribution in [0.25, 0.3) is 10.6 Å². The zero-order valence-corrected chi connectivity index (χ0v) is 16.6. The largest absolute Gasteiger partial charge is 0.497 e. The van der Waals surface area contributed by atoms with Gasteiger partial charge in [-0.05, 0) is 24.3 Å². The van der Waals surface area contributed by atoms with Gasteiger partial charge in [-0.2, -0.15) is 0 Å². The molecule has 1 aliphatic rings. The lowest BCUT2D eigenvalue weighted by Crippen LogP contribution is -2.49. The van der Waals surface area contributed by atoms with E-state index in [1.807, 2.05) is 40.6 Å². The molecule has 144 valence electrons. The van der Waals surface area contributed by atoms with Gasteiger partial charge < -0.3 is 14.5 Å². The number of anilines is 1. The van der Waals surface area contributed by atoms with Crippen LogP contribution in [0.1, 0.15) is 5.69 Å². The molecule has 0 radical (unpaired) electrons. The van der Waals surface area contributed by atoms with E-state index in [2.05, 4.69) is 20.9 Å². The third kappa shape index (κ3) is 4.14. The van der Waals surface area contributed by atoms with Crippen molar-refractivity contribution < 1.29 is 9.53 Å². The van der Waals surface area contributed by atoms with Crippen LogP contribution in [0.3, 0.4) is 0 Å². The fraction of sp³-hybridized carbons (Fsp3) is 0.286. The van der Waals surface area contributed by atoms with E-state index in [1.165, 1.54) is 0 Å². The molecule has 0 atom stereocenters. The van der Waals surface area contributed by atoms with Gasteiger partial charge in [0.2, 0.25) is 5.91 Å². The number of carbonyl (C=O) groups excluding carboxylic acids is 1. The van der Waals surface area contributed by atoms with Crippen LogP contribution in [0.5, 0.6) is 5.75 Å². The summed E-state index contributed by atoms with van der Waals surface area (Å²) in [5.74, 6) is 0.984. The number of ether oxygens (including phenoxy) is 1. The number of pyridine rings is 1. The maximum absolute atomic E-state index is 12.7. The summed E-state index contributed by atoms with van der Waals surface area (Å²) in [6, 6.07) is 11.9. The molecule has 4 rings (SSSR count). The monoisotopic (exact) mass is 394 g/mol. The van der Waals surface area contributed by atoms with Gasteiger partial charge >= 0.3 is 0 Å². The molecule has 7 heteroatoms. The summed E-state index contributed by atoms with van der Waals surface area (Å²) in [6.45, 7) is 3.07. The Kier molecular flexibility index (Phi) is 5.53. The van der Waals surface area contributed by atoms with E-state index in [4.69, 9.17) is 4.74 Å². The van der Waals surface area contributed by atoms with E-state index in [0.717, 1.165) is 53.9 Å². The summed E-state index contributed by atoms with van der Waals surface area (Å²) < 4.78 is 5.30. The summed E-state index contributed by atoms with van der Waals surface area (Å²) in [4.78, 5) is 25.6. The van der Waals surface area contributed by atoms with Crippen molar-refractivity contribution >= 4 is 22.9 Å². The molecule has 0 aliphatic carbocycles. The standard InChI is InChI=1S/C21H22N4O2S/c1-27-19-6-2-5-18(13-19)24-8-10-25(11-9-24)20(26)12-17-15-28-21(23-17)16-4-3-7-22-14-16/h2-7,13-15H,8-12H2,1H3. The van der Waals surface area contributed by atoms with Crippen molar-refractivity contribution in [2.45, 2.75) is 6.42 Å². The topological polar surface area (TPSA) is 58.6 Å². The number of thiazole rings is 1. The number of hydrogen-bond donors (Lipinski definition) is 0. The van der Waals surface area contributed by atoms with Gasteiger partial charge in [-0.25, -0.2) is 4.98 Å². The molecular formula is C21H22N4O2S. The minimum Gasteiger partial charge on any atom is -0.497 e. The molecule has 28 heavy (non-hydrogen) atoms. The van der Waals surface area contributed by atoms with Crippen LogP contribution in [-0.2, 0) is 11.2 Å².